The highest BCUT2D eigenvalue weighted by Crippen LogP contribution is 2.02. The van der Waals surface area contributed by atoms with Crippen molar-refractivity contribution in [2.45, 2.75) is 13.5 Å². The lowest BCUT2D eigenvalue weighted by molar-refractivity contribution is -0.138. The zero-order chi connectivity index (χ0) is 10.6. The molecule has 0 saturated heterocycles. The lowest BCUT2D eigenvalue weighted by Gasteiger charge is -2.17. The van der Waals surface area contributed by atoms with E-state index in [0.29, 0.717) is 6.54 Å². The molecule has 0 spiro atoms. The molecule has 5 nitrogen and oxygen atoms in total. The molecule has 78 valence electrons. The molecule has 14 heavy (non-hydrogen) atoms. The van der Waals surface area contributed by atoms with Crippen LogP contribution >= 0.6 is 0 Å². The third-order valence-electron chi connectivity index (χ3n) is 2.11. The molecule has 0 aliphatic rings. The molecule has 0 fully saturated rings. The summed E-state index contributed by atoms with van der Waals surface area (Å²) in [5.41, 5.74) is 1.02. The van der Waals surface area contributed by atoms with E-state index in [0.717, 1.165) is 12.2 Å². The minimum absolute atomic E-state index is 0.0711. The van der Waals surface area contributed by atoms with Gasteiger partial charge in [-0.3, -0.25) is 14.4 Å². The SMILES string of the molecule is CCN(CC(=O)O)Cc1ccnn1C. The Morgan fingerprint density at radius 1 is 1.71 bits per heavy atom. The van der Waals surface area contributed by atoms with Crippen LogP contribution in [0.4, 0.5) is 0 Å². The van der Waals surface area contributed by atoms with Crippen LogP contribution in [0.3, 0.4) is 0 Å². The second kappa shape index (κ2) is 4.76. The molecule has 0 atom stereocenters. The van der Waals surface area contributed by atoms with Gasteiger partial charge in [-0.2, -0.15) is 5.10 Å². The lowest BCUT2D eigenvalue weighted by atomic mass is 10.3. The average Bonchev–Trinajstić information content (AvgIpc) is 2.50. The van der Waals surface area contributed by atoms with Gasteiger partial charge in [-0.1, -0.05) is 6.92 Å². The zero-order valence-corrected chi connectivity index (χ0v) is 8.47. The Kier molecular flexibility index (Phi) is 3.64. The number of hydrogen-bond acceptors (Lipinski definition) is 3. The maximum Gasteiger partial charge on any atom is 0.317 e. The van der Waals surface area contributed by atoms with Gasteiger partial charge >= 0.3 is 5.97 Å². The molecule has 0 aromatic carbocycles. The van der Waals surface area contributed by atoms with Crippen LogP contribution in [0.2, 0.25) is 0 Å². The van der Waals surface area contributed by atoms with Gasteiger partial charge in [0.15, 0.2) is 0 Å². The van der Waals surface area contributed by atoms with Crippen molar-refractivity contribution < 1.29 is 9.90 Å². The van der Waals surface area contributed by atoms with E-state index in [2.05, 4.69) is 5.10 Å². The third-order valence-corrected chi connectivity index (χ3v) is 2.11. The predicted octanol–water partition coefficient (Wildman–Crippen LogP) is 0.327. The Morgan fingerprint density at radius 3 is 2.86 bits per heavy atom. The number of aryl methyl sites for hydroxylation is 1. The summed E-state index contributed by atoms with van der Waals surface area (Å²) in [7, 11) is 1.85. The number of nitrogens with zero attached hydrogens (tertiary/aromatic N) is 3. The predicted molar refractivity (Wildman–Crippen MR) is 51.8 cm³/mol. The number of carboxylic acids is 1. The van der Waals surface area contributed by atoms with Gasteiger partial charge in [-0.25, -0.2) is 0 Å². The molecule has 0 amide bonds. The molecule has 0 bridgehead atoms. The smallest absolute Gasteiger partial charge is 0.317 e. The lowest BCUT2D eigenvalue weighted by Crippen LogP contribution is -2.29. The standard InChI is InChI=1S/C9H15N3O2/c1-3-12(7-9(13)14)6-8-4-5-10-11(8)2/h4-5H,3,6-7H2,1-2H3,(H,13,14). The average molecular weight is 197 g/mol. The maximum atomic E-state index is 10.5. The molecule has 0 unspecified atom stereocenters. The van der Waals surface area contributed by atoms with E-state index in [1.165, 1.54) is 0 Å². The maximum absolute atomic E-state index is 10.5. The van der Waals surface area contributed by atoms with E-state index in [4.69, 9.17) is 5.11 Å². The zero-order valence-electron chi connectivity index (χ0n) is 8.47. The van der Waals surface area contributed by atoms with Gasteiger partial charge in [-0.05, 0) is 12.6 Å². The summed E-state index contributed by atoms with van der Waals surface area (Å²) in [4.78, 5) is 12.4. The molecule has 0 saturated carbocycles. The summed E-state index contributed by atoms with van der Waals surface area (Å²) < 4.78 is 1.75. The van der Waals surface area contributed by atoms with Crippen molar-refractivity contribution in [1.29, 1.82) is 0 Å². The first kappa shape index (κ1) is 10.7. The van der Waals surface area contributed by atoms with Crippen molar-refractivity contribution in [3.8, 4) is 0 Å². The van der Waals surface area contributed by atoms with Crippen LogP contribution in [0.1, 0.15) is 12.6 Å². The van der Waals surface area contributed by atoms with Crippen LogP contribution < -0.4 is 0 Å². The van der Waals surface area contributed by atoms with Crippen molar-refractivity contribution in [2.75, 3.05) is 13.1 Å². The Hall–Kier alpha value is -1.36. The second-order valence-electron chi connectivity index (χ2n) is 3.14. The van der Waals surface area contributed by atoms with Gasteiger partial charge < -0.3 is 5.11 Å². The first-order valence-corrected chi connectivity index (χ1v) is 4.54. The first-order valence-electron chi connectivity index (χ1n) is 4.54. The van der Waals surface area contributed by atoms with Crippen LogP contribution in [0, 0.1) is 0 Å². The minimum Gasteiger partial charge on any atom is -0.480 e. The van der Waals surface area contributed by atoms with Gasteiger partial charge in [0.2, 0.25) is 0 Å². The molecule has 1 N–H and O–H groups in total. The summed E-state index contributed by atoms with van der Waals surface area (Å²) >= 11 is 0. The van der Waals surface area contributed by atoms with Crippen LogP contribution in [0.25, 0.3) is 0 Å². The molecular weight excluding hydrogens is 182 g/mol. The molecule has 1 aromatic heterocycles. The molecule has 0 aliphatic heterocycles. The number of likely N-dealkylation sites (N-methyl/N-ethyl adjacent to an activating group) is 1. The Bertz CT molecular complexity index is 309. The van der Waals surface area contributed by atoms with Crippen LogP contribution in [0.15, 0.2) is 12.3 Å². The summed E-state index contributed by atoms with van der Waals surface area (Å²) in [6, 6.07) is 1.89. The molecule has 1 heterocycles. The highest BCUT2D eigenvalue weighted by atomic mass is 16.4. The van der Waals surface area contributed by atoms with E-state index >= 15 is 0 Å². The monoisotopic (exact) mass is 197 g/mol. The third kappa shape index (κ3) is 2.85. The summed E-state index contributed by atoms with van der Waals surface area (Å²) in [5, 5.41) is 12.7. The fourth-order valence-electron chi connectivity index (χ4n) is 1.26. The van der Waals surface area contributed by atoms with E-state index < -0.39 is 5.97 Å². The normalized spacial score (nSPS) is 10.8. The Morgan fingerprint density at radius 2 is 2.43 bits per heavy atom. The molecule has 0 radical (unpaired) electrons. The van der Waals surface area contributed by atoms with Crippen LogP contribution in [-0.4, -0.2) is 38.8 Å². The first-order chi connectivity index (χ1) is 6.63. The highest BCUT2D eigenvalue weighted by molar-refractivity contribution is 5.69. The number of hydrogen-bond donors (Lipinski definition) is 1. The van der Waals surface area contributed by atoms with Gasteiger partial charge in [0.05, 0.1) is 12.2 Å². The van der Waals surface area contributed by atoms with Crippen molar-refractivity contribution in [3.05, 3.63) is 18.0 Å². The van der Waals surface area contributed by atoms with Gasteiger partial charge in [0.1, 0.15) is 0 Å². The summed E-state index contributed by atoms with van der Waals surface area (Å²) in [5.74, 6) is -0.797. The summed E-state index contributed by atoms with van der Waals surface area (Å²) in [6.45, 7) is 3.36. The molecule has 1 aromatic rings. The Labute approximate surface area is 82.9 Å². The number of aliphatic carboxylic acids is 1. The fraction of sp³-hybridized carbons (Fsp3) is 0.556. The molecular formula is C9H15N3O2. The number of carboxylic acid groups (broad SMARTS) is 1. The molecule has 0 aliphatic carbocycles. The fourth-order valence-corrected chi connectivity index (χ4v) is 1.26. The Balaban J connectivity index is 2.57. The highest BCUT2D eigenvalue weighted by Gasteiger charge is 2.09. The van der Waals surface area contributed by atoms with Crippen molar-refractivity contribution >= 4 is 5.97 Å². The van der Waals surface area contributed by atoms with E-state index in [1.807, 2.05) is 24.9 Å². The number of aromatic nitrogens is 2. The number of carbonyl (C=O) groups is 1. The van der Waals surface area contributed by atoms with Crippen molar-refractivity contribution in [1.82, 2.24) is 14.7 Å². The van der Waals surface area contributed by atoms with E-state index in [1.54, 1.807) is 10.9 Å². The molecule has 5 heteroatoms. The number of rotatable bonds is 5. The van der Waals surface area contributed by atoms with E-state index in [-0.39, 0.29) is 6.54 Å². The van der Waals surface area contributed by atoms with E-state index in [9.17, 15) is 4.79 Å². The second-order valence-corrected chi connectivity index (χ2v) is 3.14. The van der Waals surface area contributed by atoms with Gasteiger partial charge in [0.25, 0.3) is 0 Å². The topological polar surface area (TPSA) is 58.4 Å². The summed E-state index contributed by atoms with van der Waals surface area (Å²) in [6.07, 6.45) is 1.71. The van der Waals surface area contributed by atoms with Crippen molar-refractivity contribution in [3.63, 3.8) is 0 Å². The van der Waals surface area contributed by atoms with Crippen molar-refractivity contribution in [2.24, 2.45) is 7.05 Å². The van der Waals surface area contributed by atoms with Crippen LogP contribution in [-0.2, 0) is 18.4 Å². The molecule has 1 rings (SSSR count). The quantitative estimate of drug-likeness (QED) is 0.738. The van der Waals surface area contributed by atoms with Crippen LogP contribution in [0.5, 0.6) is 0 Å². The van der Waals surface area contributed by atoms with Gasteiger partial charge in [0, 0.05) is 19.8 Å². The van der Waals surface area contributed by atoms with Gasteiger partial charge in [-0.15, -0.1) is 0 Å². The largest absolute Gasteiger partial charge is 0.480 e. The minimum atomic E-state index is -0.797.